The van der Waals surface area contributed by atoms with E-state index in [0.29, 0.717) is 0 Å². The first-order valence-corrected chi connectivity index (χ1v) is 5.64. The first-order chi connectivity index (χ1) is 5.10. The molecule has 0 aromatic heterocycles. The predicted molar refractivity (Wildman–Crippen MR) is 39.9 cm³/mol. The van der Waals surface area contributed by atoms with Gasteiger partial charge in [-0.3, -0.25) is 4.79 Å². The van der Waals surface area contributed by atoms with Crippen molar-refractivity contribution in [1.29, 1.82) is 0 Å². The summed E-state index contributed by atoms with van der Waals surface area (Å²) in [4.78, 5) is 10.3. The molecular formula is C3H4O7S2Sr. The zero-order valence-electron chi connectivity index (χ0n) is 6.30. The summed E-state index contributed by atoms with van der Waals surface area (Å²) in [6.07, 6.45) is 0. The number of carbonyl (C=O) groups excluding carboxylic acids is 1. The zero-order valence-corrected chi connectivity index (χ0v) is 11.4. The third kappa shape index (κ3) is 13.0. The molecule has 13 heavy (non-hydrogen) atoms. The molecule has 0 aromatic rings. The fourth-order valence-electron chi connectivity index (χ4n) is 0.436. The normalized spacial score (nSPS) is 11.8. The van der Waals surface area contributed by atoms with Crippen molar-refractivity contribution in [2.24, 2.45) is 0 Å². The van der Waals surface area contributed by atoms with Crippen molar-refractivity contribution in [2.75, 3.05) is 11.5 Å². The second-order valence-electron chi connectivity index (χ2n) is 1.94. The van der Waals surface area contributed by atoms with Gasteiger partial charge in [0.25, 0.3) is 0 Å². The molecule has 0 aliphatic heterocycles. The van der Waals surface area contributed by atoms with Gasteiger partial charge in [-0.05, 0) is 0 Å². The Balaban J connectivity index is 0. The summed E-state index contributed by atoms with van der Waals surface area (Å²) in [6.45, 7) is 0. The van der Waals surface area contributed by atoms with Gasteiger partial charge in [-0.2, -0.15) is 0 Å². The summed E-state index contributed by atoms with van der Waals surface area (Å²) in [5, 5.41) is 0. The molecule has 0 spiro atoms. The van der Waals surface area contributed by atoms with Crippen LogP contribution in [0.2, 0.25) is 0 Å². The molecule has 72 valence electrons. The van der Waals surface area contributed by atoms with Gasteiger partial charge in [-0.15, -0.1) is 0 Å². The maximum Gasteiger partial charge on any atom is 2.00 e. The van der Waals surface area contributed by atoms with Gasteiger partial charge in [0.1, 0.15) is 20.2 Å². The van der Waals surface area contributed by atoms with Crippen LogP contribution in [0.5, 0.6) is 0 Å². The summed E-state index contributed by atoms with van der Waals surface area (Å²) in [7, 11) is -9.60. The van der Waals surface area contributed by atoms with E-state index in [1.54, 1.807) is 0 Å². The minimum atomic E-state index is -4.80. The molecule has 0 radical (unpaired) electrons. The van der Waals surface area contributed by atoms with Crippen molar-refractivity contribution in [3.05, 3.63) is 0 Å². The number of rotatable bonds is 4. The largest absolute Gasteiger partial charge is 2.00 e. The Morgan fingerprint density at radius 3 is 1.31 bits per heavy atom. The second-order valence-corrected chi connectivity index (χ2v) is 4.75. The van der Waals surface area contributed by atoms with E-state index in [1.807, 2.05) is 0 Å². The molecule has 0 aliphatic rings. The van der Waals surface area contributed by atoms with Gasteiger partial charge in [-0.25, -0.2) is 16.8 Å². The second kappa shape index (κ2) is 5.76. The molecule has 0 rings (SSSR count). The number of hydrogen-bond acceptors (Lipinski definition) is 7. The average Bonchev–Trinajstić information content (AvgIpc) is 1.49. The van der Waals surface area contributed by atoms with Gasteiger partial charge in [0.05, 0.1) is 11.5 Å². The third-order valence-electron chi connectivity index (χ3n) is 0.676. The van der Waals surface area contributed by atoms with E-state index < -0.39 is 37.5 Å². The Morgan fingerprint density at radius 2 is 1.15 bits per heavy atom. The quantitative estimate of drug-likeness (QED) is 0.406. The van der Waals surface area contributed by atoms with Crippen molar-refractivity contribution in [3.63, 3.8) is 0 Å². The maximum atomic E-state index is 10.3. The van der Waals surface area contributed by atoms with Crippen molar-refractivity contribution in [1.82, 2.24) is 0 Å². The van der Waals surface area contributed by atoms with Crippen LogP contribution in [0.1, 0.15) is 0 Å². The summed E-state index contributed by atoms with van der Waals surface area (Å²) in [6, 6.07) is 0. The number of ketones is 1. The minimum absolute atomic E-state index is 0. The van der Waals surface area contributed by atoms with Crippen molar-refractivity contribution < 1.29 is 30.7 Å². The van der Waals surface area contributed by atoms with Crippen LogP contribution >= 0.6 is 0 Å². The molecule has 0 aliphatic carbocycles. The van der Waals surface area contributed by atoms with Crippen LogP contribution in [0.25, 0.3) is 0 Å². The Morgan fingerprint density at radius 1 is 0.923 bits per heavy atom. The van der Waals surface area contributed by atoms with Gasteiger partial charge in [0.2, 0.25) is 0 Å². The number of Topliss-reactive ketones (excluding diaryl/α,β-unsaturated/α-hetero) is 1. The molecule has 0 aromatic carbocycles. The van der Waals surface area contributed by atoms with Crippen LogP contribution in [0, 0.1) is 0 Å². The maximum absolute atomic E-state index is 10.3. The summed E-state index contributed by atoms with van der Waals surface area (Å²) in [5.74, 6) is -4.34. The van der Waals surface area contributed by atoms with Crippen LogP contribution in [-0.4, -0.2) is 88.7 Å². The van der Waals surface area contributed by atoms with Crippen molar-refractivity contribution in [3.8, 4) is 0 Å². The molecule has 0 unspecified atom stereocenters. The van der Waals surface area contributed by atoms with E-state index in [0.717, 1.165) is 0 Å². The van der Waals surface area contributed by atoms with E-state index in [4.69, 9.17) is 0 Å². The van der Waals surface area contributed by atoms with Gasteiger partial charge >= 0.3 is 45.5 Å². The monoisotopic (exact) mass is 304 g/mol. The fourth-order valence-corrected chi connectivity index (χ4v) is 1.56. The number of hydrogen-bond donors (Lipinski definition) is 0. The third-order valence-corrected chi connectivity index (χ3v) is 2.03. The van der Waals surface area contributed by atoms with E-state index in [9.17, 15) is 30.7 Å². The Kier molecular flexibility index (Phi) is 7.26. The molecule has 0 atom stereocenters. The van der Waals surface area contributed by atoms with Gasteiger partial charge in [0, 0.05) is 0 Å². The van der Waals surface area contributed by atoms with Gasteiger partial charge < -0.3 is 9.11 Å². The Bertz CT molecular complexity index is 329. The Labute approximate surface area is 112 Å². The smallest absolute Gasteiger partial charge is 0.748 e. The fraction of sp³-hybridized carbons (Fsp3) is 0.667. The molecule has 0 bridgehead atoms. The summed E-state index contributed by atoms with van der Waals surface area (Å²) >= 11 is 0. The first kappa shape index (κ1) is 16.4. The van der Waals surface area contributed by atoms with Crippen LogP contribution in [0.3, 0.4) is 0 Å². The average molecular weight is 304 g/mol. The molecule has 7 nitrogen and oxygen atoms in total. The van der Waals surface area contributed by atoms with Crippen LogP contribution in [0.15, 0.2) is 0 Å². The first-order valence-electron chi connectivity index (χ1n) is 2.49. The molecule has 10 heteroatoms. The van der Waals surface area contributed by atoms with E-state index in [-0.39, 0.29) is 45.5 Å². The molecule has 0 heterocycles. The Hall–Kier alpha value is 0.971. The van der Waals surface area contributed by atoms with Gasteiger partial charge in [-0.1, -0.05) is 0 Å². The predicted octanol–water partition coefficient (Wildman–Crippen LogP) is -2.73. The zero-order chi connectivity index (χ0) is 9.99. The summed E-state index contributed by atoms with van der Waals surface area (Å²) < 4.78 is 59.1. The number of carbonyl (C=O) groups is 1. The van der Waals surface area contributed by atoms with Crippen LogP contribution in [0.4, 0.5) is 0 Å². The molecule has 0 fully saturated rings. The van der Waals surface area contributed by atoms with E-state index >= 15 is 0 Å². The van der Waals surface area contributed by atoms with Crippen molar-refractivity contribution >= 4 is 71.5 Å². The molecule has 0 N–H and O–H groups in total. The summed E-state index contributed by atoms with van der Waals surface area (Å²) in [5.41, 5.74) is 0. The standard InChI is InChI=1S/C3H6O7S2.Sr/c4-3(1-11(5,6)7)2-12(8,9)10;/h1-2H2,(H,5,6,7)(H,8,9,10);/q;+2/p-2. The van der Waals surface area contributed by atoms with E-state index in [2.05, 4.69) is 0 Å². The topological polar surface area (TPSA) is 131 Å². The minimum Gasteiger partial charge on any atom is -0.748 e. The van der Waals surface area contributed by atoms with Crippen LogP contribution < -0.4 is 0 Å². The SMILES string of the molecule is O=C(CS(=O)(=O)[O-])CS(=O)(=O)[O-].[Sr+2]. The van der Waals surface area contributed by atoms with Crippen molar-refractivity contribution in [2.45, 2.75) is 0 Å². The van der Waals surface area contributed by atoms with Gasteiger partial charge in [0.15, 0.2) is 5.78 Å². The molecule has 0 saturated heterocycles. The molecule has 0 amide bonds. The molecular weight excluding hydrogens is 300 g/mol. The molecule has 0 saturated carbocycles. The van der Waals surface area contributed by atoms with E-state index in [1.165, 1.54) is 0 Å². The van der Waals surface area contributed by atoms with Crippen LogP contribution in [-0.2, 0) is 25.0 Å².